The first-order valence-corrected chi connectivity index (χ1v) is 9.70. The average molecular weight is 339 g/mol. The fourth-order valence-corrected chi connectivity index (χ4v) is 5.36. The molecule has 0 amide bonds. The lowest BCUT2D eigenvalue weighted by molar-refractivity contribution is 0.0695. The van der Waals surface area contributed by atoms with Crippen molar-refractivity contribution in [2.75, 3.05) is 19.6 Å². The molecular formula is C22H29NO2. The summed E-state index contributed by atoms with van der Waals surface area (Å²) in [7, 11) is 0. The second kappa shape index (κ2) is 6.28. The lowest BCUT2D eigenvalue weighted by atomic mass is 9.67. The SMILES string of the molecule is CC1CN(CC2CC3C=CC2C3)CCC1(C)c1cccc(C(=O)O)c1. The smallest absolute Gasteiger partial charge is 0.335 e. The molecule has 1 aromatic rings. The van der Waals surface area contributed by atoms with E-state index in [1.807, 2.05) is 12.1 Å². The molecule has 1 heterocycles. The van der Waals surface area contributed by atoms with E-state index in [0.29, 0.717) is 11.5 Å². The van der Waals surface area contributed by atoms with Crippen LogP contribution in [0, 0.1) is 23.7 Å². The highest BCUT2D eigenvalue weighted by atomic mass is 16.4. The number of carbonyl (C=O) groups is 1. The molecule has 1 N–H and O–H groups in total. The fourth-order valence-electron chi connectivity index (χ4n) is 5.36. The van der Waals surface area contributed by atoms with E-state index in [-0.39, 0.29) is 5.41 Å². The van der Waals surface area contributed by atoms with Gasteiger partial charge in [-0.1, -0.05) is 38.1 Å². The van der Waals surface area contributed by atoms with Crippen LogP contribution >= 0.6 is 0 Å². The Labute approximate surface area is 150 Å². The first kappa shape index (κ1) is 16.8. The Bertz CT molecular complexity index is 697. The zero-order chi connectivity index (χ0) is 17.6. The third-order valence-corrected chi connectivity index (χ3v) is 7.25. The molecule has 1 saturated carbocycles. The van der Waals surface area contributed by atoms with Crippen molar-refractivity contribution in [3.05, 3.63) is 47.5 Å². The standard InChI is InChI=1S/C22H29NO2/c1-15-13-23(14-19-11-16-6-7-17(19)10-16)9-8-22(15,2)20-5-3-4-18(12-20)21(24)25/h3-7,12,15-17,19H,8-11,13-14H2,1-2H3,(H,24,25). The zero-order valence-corrected chi connectivity index (χ0v) is 15.3. The average Bonchev–Trinajstić information content (AvgIpc) is 3.21. The van der Waals surface area contributed by atoms with Gasteiger partial charge in [-0.25, -0.2) is 4.79 Å². The molecule has 5 unspecified atom stereocenters. The van der Waals surface area contributed by atoms with Gasteiger partial charge in [0.25, 0.3) is 0 Å². The predicted octanol–water partition coefficient (Wildman–Crippen LogP) is 4.20. The van der Waals surface area contributed by atoms with Crippen LogP contribution in [0.5, 0.6) is 0 Å². The van der Waals surface area contributed by atoms with Gasteiger partial charge in [0.15, 0.2) is 0 Å². The lowest BCUT2D eigenvalue weighted by Crippen LogP contribution is -2.48. The van der Waals surface area contributed by atoms with Gasteiger partial charge >= 0.3 is 5.97 Å². The van der Waals surface area contributed by atoms with E-state index in [0.717, 1.165) is 37.3 Å². The Morgan fingerprint density at radius 3 is 2.80 bits per heavy atom. The highest BCUT2D eigenvalue weighted by Crippen LogP contribution is 2.45. The van der Waals surface area contributed by atoms with Crippen molar-refractivity contribution >= 4 is 5.97 Å². The molecule has 3 nitrogen and oxygen atoms in total. The number of fused-ring (bicyclic) bond motifs is 2. The van der Waals surface area contributed by atoms with Crippen molar-refractivity contribution < 1.29 is 9.90 Å². The number of likely N-dealkylation sites (tertiary alicyclic amines) is 1. The van der Waals surface area contributed by atoms with Crippen molar-refractivity contribution in [2.24, 2.45) is 23.7 Å². The summed E-state index contributed by atoms with van der Waals surface area (Å²) >= 11 is 0. The monoisotopic (exact) mass is 339 g/mol. The molecule has 5 atom stereocenters. The van der Waals surface area contributed by atoms with Crippen LogP contribution in [-0.2, 0) is 5.41 Å². The van der Waals surface area contributed by atoms with Gasteiger partial charge in [0.1, 0.15) is 0 Å². The maximum Gasteiger partial charge on any atom is 0.335 e. The van der Waals surface area contributed by atoms with E-state index in [4.69, 9.17) is 0 Å². The lowest BCUT2D eigenvalue weighted by Gasteiger charge is -2.46. The number of hydrogen-bond donors (Lipinski definition) is 1. The number of aromatic carboxylic acids is 1. The van der Waals surface area contributed by atoms with Crippen LogP contribution in [0.4, 0.5) is 0 Å². The number of nitrogens with zero attached hydrogens (tertiary/aromatic N) is 1. The van der Waals surface area contributed by atoms with Crippen molar-refractivity contribution in [1.29, 1.82) is 0 Å². The largest absolute Gasteiger partial charge is 0.478 e. The molecule has 1 saturated heterocycles. The Morgan fingerprint density at radius 1 is 1.32 bits per heavy atom. The molecule has 1 aromatic carbocycles. The molecule has 3 heteroatoms. The van der Waals surface area contributed by atoms with Crippen molar-refractivity contribution in [3.63, 3.8) is 0 Å². The van der Waals surface area contributed by atoms with Gasteiger partial charge in [-0.2, -0.15) is 0 Å². The summed E-state index contributed by atoms with van der Waals surface area (Å²) in [5.41, 5.74) is 1.65. The topological polar surface area (TPSA) is 40.5 Å². The summed E-state index contributed by atoms with van der Waals surface area (Å²) in [6, 6.07) is 7.58. The number of carboxylic acids is 1. The van der Waals surface area contributed by atoms with E-state index in [1.54, 1.807) is 6.07 Å². The molecule has 134 valence electrons. The summed E-state index contributed by atoms with van der Waals surface area (Å²) < 4.78 is 0. The molecule has 0 radical (unpaired) electrons. The molecule has 0 spiro atoms. The Balaban J connectivity index is 1.44. The van der Waals surface area contributed by atoms with Gasteiger partial charge in [-0.05, 0) is 72.6 Å². The molecule has 25 heavy (non-hydrogen) atoms. The van der Waals surface area contributed by atoms with Crippen LogP contribution in [0.25, 0.3) is 0 Å². The van der Waals surface area contributed by atoms with Crippen molar-refractivity contribution in [3.8, 4) is 0 Å². The highest BCUT2D eigenvalue weighted by Gasteiger charge is 2.41. The number of rotatable bonds is 4. The minimum absolute atomic E-state index is 0.0660. The molecule has 4 rings (SSSR count). The fraction of sp³-hybridized carbons (Fsp3) is 0.591. The molecule has 3 aliphatic rings. The van der Waals surface area contributed by atoms with E-state index >= 15 is 0 Å². The summed E-state index contributed by atoms with van der Waals surface area (Å²) in [4.78, 5) is 14.0. The minimum atomic E-state index is -0.833. The zero-order valence-electron chi connectivity index (χ0n) is 15.3. The summed E-state index contributed by atoms with van der Waals surface area (Å²) in [5.74, 6) is 2.21. The first-order chi connectivity index (χ1) is 12.0. The highest BCUT2D eigenvalue weighted by molar-refractivity contribution is 5.87. The van der Waals surface area contributed by atoms with Crippen LogP contribution in [0.2, 0.25) is 0 Å². The molecule has 2 fully saturated rings. The molecule has 2 bridgehead atoms. The van der Waals surface area contributed by atoms with Gasteiger partial charge in [-0.3, -0.25) is 0 Å². The van der Waals surface area contributed by atoms with E-state index < -0.39 is 5.97 Å². The summed E-state index contributed by atoms with van der Waals surface area (Å²) in [6.07, 6.45) is 8.74. The molecular weight excluding hydrogens is 310 g/mol. The van der Waals surface area contributed by atoms with Crippen LogP contribution in [0.3, 0.4) is 0 Å². The minimum Gasteiger partial charge on any atom is -0.478 e. The van der Waals surface area contributed by atoms with E-state index in [1.165, 1.54) is 24.9 Å². The number of allylic oxidation sites excluding steroid dienone is 2. The molecule has 2 aliphatic carbocycles. The molecule has 0 aromatic heterocycles. The Morgan fingerprint density at radius 2 is 2.16 bits per heavy atom. The number of hydrogen-bond acceptors (Lipinski definition) is 2. The summed E-state index contributed by atoms with van der Waals surface area (Å²) in [6.45, 7) is 8.12. The van der Waals surface area contributed by atoms with Crippen LogP contribution in [0.15, 0.2) is 36.4 Å². The predicted molar refractivity (Wildman–Crippen MR) is 99.8 cm³/mol. The van der Waals surface area contributed by atoms with Crippen LogP contribution in [-0.4, -0.2) is 35.6 Å². The van der Waals surface area contributed by atoms with Gasteiger partial charge in [0.2, 0.25) is 0 Å². The van der Waals surface area contributed by atoms with Gasteiger partial charge in [0.05, 0.1) is 5.56 Å². The van der Waals surface area contributed by atoms with Gasteiger partial charge < -0.3 is 10.0 Å². The number of benzene rings is 1. The Hall–Kier alpha value is -1.61. The van der Waals surface area contributed by atoms with Gasteiger partial charge in [-0.15, -0.1) is 0 Å². The summed E-state index contributed by atoms with van der Waals surface area (Å²) in [5, 5.41) is 9.30. The maximum absolute atomic E-state index is 11.3. The van der Waals surface area contributed by atoms with E-state index in [2.05, 4.69) is 37.0 Å². The van der Waals surface area contributed by atoms with Crippen LogP contribution < -0.4 is 0 Å². The number of carboxylic acid groups (broad SMARTS) is 1. The quantitative estimate of drug-likeness (QED) is 0.836. The van der Waals surface area contributed by atoms with Gasteiger partial charge in [0, 0.05) is 13.1 Å². The van der Waals surface area contributed by atoms with Crippen LogP contribution in [0.1, 0.15) is 49.0 Å². The Kier molecular flexibility index (Phi) is 4.23. The normalized spacial score (nSPS) is 37.5. The molecule has 1 aliphatic heterocycles. The second-order valence-corrected chi connectivity index (χ2v) is 8.75. The number of piperidine rings is 1. The van der Waals surface area contributed by atoms with E-state index in [9.17, 15) is 9.90 Å². The third-order valence-electron chi connectivity index (χ3n) is 7.25. The van der Waals surface area contributed by atoms with Crippen molar-refractivity contribution in [1.82, 2.24) is 4.90 Å². The first-order valence-electron chi connectivity index (χ1n) is 9.70. The van der Waals surface area contributed by atoms with Crippen molar-refractivity contribution in [2.45, 2.75) is 38.5 Å². The maximum atomic E-state index is 11.3. The second-order valence-electron chi connectivity index (χ2n) is 8.75. The third kappa shape index (κ3) is 3.03.